The minimum atomic E-state index is -1.04. The number of rotatable bonds is 8. The van der Waals surface area contributed by atoms with E-state index in [0.29, 0.717) is 5.84 Å². The summed E-state index contributed by atoms with van der Waals surface area (Å²) in [6.45, 7) is 4.19. The van der Waals surface area contributed by atoms with Gasteiger partial charge in [-0.15, -0.1) is 0 Å². The normalized spacial score (nSPS) is 27.5. The van der Waals surface area contributed by atoms with E-state index in [1.807, 2.05) is 18.2 Å². The number of amidine groups is 1. The zero-order chi connectivity index (χ0) is 43.2. The van der Waals surface area contributed by atoms with E-state index in [2.05, 4.69) is 201 Å². The zero-order valence-electron chi connectivity index (χ0n) is 36.5. The summed E-state index contributed by atoms with van der Waals surface area (Å²) < 4.78 is 6.96. The van der Waals surface area contributed by atoms with Crippen LogP contribution in [0.4, 0.5) is 5.69 Å². The molecule has 316 valence electrons. The molecule has 64 heavy (non-hydrogen) atoms. The molecule has 2 N–H and O–H groups in total. The average molecular weight is 835 g/mol. The fraction of sp³-hybridized carbons (Fsp3) is 0.220. The number of nitrogens with zero attached hydrogens (tertiary/aromatic N) is 3. The summed E-state index contributed by atoms with van der Waals surface area (Å²) in [6, 6.07) is 39.0. The largest absolute Gasteiger partial charge is 0.485 e. The van der Waals surface area contributed by atoms with Crippen LogP contribution >= 0.6 is 0 Å². The van der Waals surface area contributed by atoms with Crippen LogP contribution < -0.4 is 15.4 Å². The Bertz CT molecular complexity index is 2840. The van der Waals surface area contributed by atoms with Gasteiger partial charge in [0.15, 0.2) is 5.84 Å². The van der Waals surface area contributed by atoms with Crippen LogP contribution in [-0.2, 0) is 0 Å². The van der Waals surface area contributed by atoms with E-state index >= 15 is 0 Å². The Labute approximate surface area is 377 Å². The van der Waals surface area contributed by atoms with Crippen molar-refractivity contribution < 1.29 is 4.74 Å². The highest BCUT2D eigenvalue weighted by Gasteiger charge is 2.48. The molecule has 0 amide bonds. The highest BCUT2D eigenvalue weighted by atomic mass is 16.5. The van der Waals surface area contributed by atoms with E-state index in [1.54, 1.807) is 0 Å². The second-order valence-corrected chi connectivity index (χ2v) is 18.3. The lowest BCUT2D eigenvalue weighted by atomic mass is 9.72. The van der Waals surface area contributed by atoms with Gasteiger partial charge in [0, 0.05) is 51.9 Å². The summed E-state index contributed by atoms with van der Waals surface area (Å²) >= 11 is 0. The molecule has 0 aromatic heterocycles. The van der Waals surface area contributed by atoms with Gasteiger partial charge in [-0.25, -0.2) is 9.98 Å². The van der Waals surface area contributed by atoms with E-state index in [0.717, 1.165) is 41.9 Å². The Kier molecular flexibility index (Phi) is 10.4. The first-order valence-corrected chi connectivity index (χ1v) is 23.0. The standard InChI is InChI=1S/C59H54N4O/c1-39(40-18-7-3-8-19-40)61-58(42-22-11-5-12-23-42)62-59(2,60)51-37-45(44-25-17-24-43(36-44)41-20-9-4-10-21-41)30-32-48(51)46-31-33-50-55(38-46)64-54-35-34-53-56(57(50)54)49-28-15-16-29-52(49)63(53)47-26-13-6-14-27-47/h3-18,20-24,26-28,30-38,40,44,48,51-52,54,57H,19,25,29,60H2,1-2H3. The van der Waals surface area contributed by atoms with Gasteiger partial charge in [-0.1, -0.05) is 170 Å². The van der Waals surface area contributed by atoms with Crippen molar-refractivity contribution in [3.05, 3.63) is 245 Å². The summed E-state index contributed by atoms with van der Waals surface area (Å²) in [6.07, 6.45) is 36.9. The van der Waals surface area contributed by atoms with Gasteiger partial charge in [-0.3, -0.25) is 0 Å². The van der Waals surface area contributed by atoms with Crippen molar-refractivity contribution in [2.24, 2.45) is 33.5 Å². The molecule has 4 aromatic rings. The highest BCUT2D eigenvalue weighted by Crippen LogP contribution is 2.55. The lowest BCUT2D eigenvalue weighted by Gasteiger charge is -2.37. The SMILES string of the molecule is CC(=NC(=NC(C)(N)C1C=C(C2C=C(c3ccccc3)C=CC2)C=CC1c1ccc2c(c1)OC1C=CC3=C(C4=CC=CCC4N3c3ccccc3)C21)c1ccccc1)C1C=CC=CC1. The summed E-state index contributed by atoms with van der Waals surface area (Å²) in [5.74, 6) is 1.88. The first-order valence-electron chi connectivity index (χ1n) is 23.0. The lowest BCUT2D eigenvalue weighted by molar-refractivity contribution is 0.264. The molecule has 2 aliphatic heterocycles. The third-order valence-corrected chi connectivity index (χ3v) is 14.1. The number of hydrogen-bond donors (Lipinski definition) is 1. The number of allylic oxidation sites excluding steroid dienone is 14. The number of para-hydroxylation sites is 1. The molecule has 7 aliphatic rings. The Morgan fingerprint density at radius 1 is 0.766 bits per heavy atom. The fourth-order valence-corrected chi connectivity index (χ4v) is 10.9. The first-order chi connectivity index (χ1) is 31.4. The van der Waals surface area contributed by atoms with Gasteiger partial charge in [0.1, 0.15) is 17.5 Å². The number of ether oxygens (including phenoxy) is 1. The summed E-state index contributed by atoms with van der Waals surface area (Å²) in [5, 5.41) is 0. The van der Waals surface area contributed by atoms with Crippen molar-refractivity contribution in [2.45, 2.75) is 62.8 Å². The van der Waals surface area contributed by atoms with E-state index in [-0.39, 0.29) is 41.7 Å². The molecule has 0 saturated carbocycles. The number of anilines is 1. The van der Waals surface area contributed by atoms with Crippen LogP contribution in [0.5, 0.6) is 5.75 Å². The molecule has 0 radical (unpaired) electrons. The van der Waals surface area contributed by atoms with E-state index in [4.69, 9.17) is 20.5 Å². The van der Waals surface area contributed by atoms with Gasteiger partial charge in [-0.2, -0.15) is 0 Å². The Morgan fingerprint density at radius 3 is 2.34 bits per heavy atom. The molecule has 4 aromatic carbocycles. The van der Waals surface area contributed by atoms with Gasteiger partial charge in [-0.05, 0) is 96.9 Å². The summed E-state index contributed by atoms with van der Waals surface area (Å²) in [4.78, 5) is 13.3. The summed E-state index contributed by atoms with van der Waals surface area (Å²) in [5.41, 5.74) is 20.0. The maximum absolute atomic E-state index is 7.66. The fourth-order valence-electron chi connectivity index (χ4n) is 10.9. The number of hydrogen-bond acceptors (Lipinski definition) is 4. The molecule has 8 unspecified atom stereocenters. The van der Waals surface area contributed by atoms with Crippen LogP contribution in [0.15, 0.2) is 233 Å². The lowest BCUT2D eigenvalue weighted by Crippen LogP contribution is -2.45. The molecule has 0 spiro atoms. The van der Waals surface area contributed by atoms with Crippen molar-refractivity contribution in [3.63, 3.8) is 0 Å². The molecule has 8 atom stereocenters. The van der Waals surface area contributed by atoms with Crippen molar-refractivity contribution >= 4 is 22.8 Å². The summed E-state index contributed by atoms with van der Waals surface area (Å²) in [7, 11) is 0. The number of fused-ring (bicyclic) bond motifs is 6. The van der Waals surface area contributed by atoms with Crippen molar-refractivity contribution in [2.75, 3.05) is 4.90 Å². The Morgan fingerprint density at radius 2 is 1.55 bits per heavy atom. The monoisotopic (exact) mass is 834 g/mol. The van der Waals surface area contributed by atoms with Crippen LogP contribution in [-0.4, -0.2) is 29.4 Å². The van der Waals surface area contributed by atoms with Gasteiger partial charge in [0.25, 0.3) is 0 Å². The van der Waals surface area contributed by atoms with Gasteiger partial charge < -0.3 is 15.4 Å². The van der Waals surface area contributed by atoms with E-state index in [1.165, 1.54) is 44.8 Å². The van der Waals surface area contributed by atoms with Crippen molar-refractivity contribution in [3.8, 4) is 5.75 Å². The predicted molar refractivity (Wildman–Crippen MR) is 265 cm³/mol. The van der Waals surface area contributed by atoms with Crippen LogP contribution in [0.2, 0.25) is 0 Å². The van der Waals surface area contributed by atoms with Crippen LogP contribution in [0.25, 0.3) is 5.57 Å². The second-order valence-electron chi connectivity index (χ2n) is 18.3. The average Bonchev–Trinajstić information content (AvgIpc) is 3.90. The minimum absolute atomic E-state index is 0.0646. The maximum atomic E-state index is 7.66. The number of aliphatic imine (C=N–C) groups is 2. The van der Waals surface area contributed by atoms with E-state index < -0.39 is 5.66 Å². The Hall–Kier alpha value is -6.82. The number of nitrogens with two attached hydrogens (primary N) is 1. The maximum Gasteiger partial charge on any atom is 0.156 e. The zero-order valence-corrected chi connectivity index (χ0v) is 36.5. The quantitative estimate of drug-likeness (QED) is 0.142. The molecule has 5 heteroatoms. The molecule has 5 aliphatic carbocycles. The Balaban J connectivity index is 0.985. The molecule has 0 saturated heterocycles. The molecular formula is C59H54N4O. The molecular weight excluding hydrogens is 781 g/mol. The third-order valence-electron chi connectivity index (χ3n) is 14.1. The van der Waals surface area contributed by atoms with Gasteiger partial charge in [0.2, 0.25) is 0 Å². The first kappa shape index (κ1) is 40.0. The molecule has 0 bridgehead atoms. The minimum Gasteiger partial charge on any atom is -0.485 e. The molecule has 2 heterocycles. The van der Waals surface area contributed by atoms with Crippen molar-refractivity contribution in [1.82, 2.24) is 0 Å². The van der Waals surface area contributed by atoms with Crippen LogP contribution in [0.3, 0.4) is 0 Å². The van der Waals surface area contributed by atoms with Crippen LogP contribution in [0, 0.1) is 17.8 Å². The van der Waals surface area contributed by atoms with Crippen molar-refractivity contribution in [1.29, 1.82) is 0 Å². The number of benzene rings is 4. The molecule has 0 fully saturated rings. The van der Waals surface area contributed by atoms with Crippen LogP contribution in [0.1, 0.15) is 67.2 Å². The topological polar surface area (TPSA) is 63.2 Å². The van der Waals surface area contributed by atoms with E-state index in [9.17, 15) is 0 Å². The second kappa shape index (κ2) is 16.7. The molecule has 5 nitrogen and oxygen atoms in total. The highest BCUT2D eigenvalue weighted by molar-refractivity contribution is 6.07. The third kappa shape index (κ3) is 7.38. The van der Waals surface area contributed by atoms with Gasteiger partial charge >= 0.3 is 0 Å². The predicted octanol–water partition coefficient (Wildman–Crippen LogP) is 12.7. The smallest absolute Gasteiger partial charge is 0.156 e. The van der Waals surface area contributed by atoms with Gasteiger partial charge in [0.05, 0.1) is 12.0 Å². The molecule has 11 rings (SSSR count).